The quantitative estimate of drug-likeness (QED) is 0.485. The van der Waals surface area contributed by atoms with E-state index in [-0.39, 0.29) is 4.47 Å². The Labute approximate surface area is 87.5 Å². The van der Waals surface area contributed by atoms with E-state index in [9.17, 15) is 9.18 Å². The second kappa shape index (κ2) is 4.71. The minimum absolute atomic E-state index is 0.247. The van der Waals surface area contributed by atoms with Crippen LogP contribution in [0.4, 0.5) is 10.1 Å². The standard InChI is InChI=1S/C8H6BrFN2O2/c9-6-3-5(1-2-7(6)10)12-8(13)4-11-14/h1-4,14H,(H,12,13)/b11-4+. The molecule has 1 aromatic carbocycles. The number of rotatable bonds is 2. The van der Waals surface area contributed by atoms with Gasteiger partial charge in [-0.15, -0.1) is 0 Å². The van der Waals surface area contributed by atoms with Gasteiger partial charge in [0.2, 0.25) is 0 Å². The van der Waals surface area contributed by atoms with Gasteiger partial charge in [-0.1, -0.05) is 5.16 Å². The summed E-state index contributed by atoms with van der Waals surface area (Å²) in [5, 5.41) is 13.0. The highest BCUT2D eigenvalue weighted by atomic mass is 79.9. The number of carbonyl (C=O) groups excluding carboxylic acids is 1. The summed E-state index contributed by atoms with van der Waals surface area (Å²) in [5.74, 6) is -1.01. The minimum atomic E-state index is -0.592. The number of anilines is 1. The lowest BCUT2D eigenvalue weighted by Gasteiger charge is -2.02. The van der Waals surface area contributed by atoms with Gasteiger partial charge in [0, 0.05) is 5.69 Å². The van der Waals surface area contributed by atoms with Gasteiger partial charge in [0.05, 0.1) is 4.47 Å². The number of hydrogen-bond donors (Lipinski definition) is 2. The molecule has 74 valence electrons. The topological polar surface area (TPSA) is 61.7 Å². The zero-order valence-electron chi connectivity index (χ0n) is 6.87. The maximum Gasteiger partial charge on any atom is 0.270 e. The van der Waals surface area contributed by atoms with E-state index in [1.165, 1.54) is 18.2 Å². The fraction of sp³-hybridized carbons (Fsp3) is 0. The van der Waals surface area contributed by atoms with Gasteiger partial charge in [0.25, 0.3) is 5.91 Å². The number of benzene rings is 1. The second-order valence-corrected chi connectivity index (χ2v) is 3.22. The summed E-state index contributed by atoms with van der Waals surface area (Å²) < 4.78 is 13.0. The molecule has 0 saturated carbocycles. The number of amides is 1. The Hall–Kier alpha value is -1.43. The molecule has 0 aliphatic heterocycles. The first-order chi connectivity index (χ1) is 6.63. The molecule has 0 fully saturated rings. The van der Waals surface area contributed by atoms with Crippen molar-refractivity contribution in [2.45, 2.75) is 0 Å². The molecule has 1 aromatic rings. The first-order valence-corrected chi connectivity index (χ1v) is 4.36. The van der Waals surface area contributed by atoms with Gasteiger partial charge in [0.1, 0.15) is 12.0 Å². The van der Waals surface area contributed by atoms with Crippen molar-refractivity contribution in [3.05, 3.63) is 28.5 Å². The monoisotopic (exact) mass is 260 g/mol. The largest absolute Gasteiger partial charge is 0.411 e. The highest BCUT2D eigenvalue weighted by molar-refractivity contribution is 9.10. The van der Waals surface area contributed by atoms with E-state index in [2.05, 4.69) is 26.4 Å². The molecule has 1 rings (SSSR count). The summed E-state index contributed by atoms with van der Waals surface area (Å²) >= 11 is 2.97. The predicted molar refractivity (Wildman–Crippen MR) is 53.0 cm³/mol. The van der Waals surface area contributed by atoms with E-state index in [4.69, 9.17) is 5.21 Å². The fourth-order valence-corrected chi connectivity index (χ4v) is 1.18. The van der Waals surface area contributed by atoms with Crippen LogP contribution in [0.5, 0.6) is 0 Å². The van der Waals surface area contributed by atoms with Gasteiger partial charge in [-0.3, -0.25) is 4.79 Å². The van der Waals surface area contributed by atoms with Crippen LogP contribution in [0.2, 0.25) is 0 Å². The number of nitrogens with one attached hydrogen (secondary N) is 1. The lowest BCUT2D eigenvalue weighted by Crippen LogP contribution is -2.12. The zero-order valence-corrected chi connectivity index (χ0v) is 8.45. The van der Waals surface area contributed by atoms with Gasteiger partial charge in [-0.25, -0.2) is 4.39 Å². The van der Waals surface area contributed by atoms with Crippen molar-refractivity contribution >= 4 is 33.7 Å². The van der Waals surface area contributed by atoms with Crippen molar-refractivity contribution in [2.24, 2.45) is 5.16 Å². The fourth-order valence-electron chi connectivity index (χ4n) is 0.801. The Morgan fingerprint density at radius 1 is 1.64 bits per heavy atom. The van der Waals surface area contributed by atoms with E-state index >= 15 is 0 Å². The Balaban J connectivity index is 2.78. The first-order valence-electron chi connectivity index (χ1n) is 3.57. The average molecular weight is 261 g/mol. The van der Waals surface area contributed by atoms with Crippen LogP contribution in [0.25, 0.3) is 0 Å². The Kier molecular flexibility index (Phi) is 3.58. The summed E-state index contributed by atoms with van der Waals surface area (Å²) in [6, 6.07) is 4.00. The van der Waals surface area contributed by atoms with Gasteiger partial charge < -0.3 is 10.5 Å². The summed E-state index contributed by atoms with van der Waals surface area (Å²) in [4.78, 5) is 10.9. The lowest BCUT2D eigenvalue weighted by atomic mass is 10.3. The molecule has 0 aromatic heterocycles. The van der Waals surface area contributed by atoms with Crippen LogP contribution >= 0.6 is 15.9 Å². The van der Waals surface area contributed by atoms with Gasteiger partial charge >= 0.3 is 0 Å². The van der Waals surface area contributed by atoms with E-state index < -0.39 is 11.7 Å². The molecule has 4 nitrogen and oxygen atoms in total. The van der Waals surface area contributed by atoms with Crippen molar-refractivity contribution < 1.29 is 14.4 Å². The third-order valence-corrected chi connectivity index (χ3v) is 1.97. The number of halogens is 2. The van der Waals surface area contributed by atoms with Crippen molar-refractivity contribution in [2.75, 3.05) is 5.32 Å². The molecule has 2 N–H and O–H groups in total. The van der Waals surface area contributed by atoms with Crippen LogP contribution in [0.15, 0.2) is 27.8 Å². The molecule has 0 radical (unpaired) electrons. The SMILES string of the molecule is O=C(/C=N/O)Nc1ccc(F)c(Br)c1. The van der Waals surface area contributed by atoms with Gasteiger partial charge in [-0.2, -0.15) is 0 Å². The van der Waals surface area contributed by atoms with Crippen LogP contribution in [0, 0.1) is 5.82 Å². The molecule has 0 heterocycles. The van der Waals surface area contributed by atoms with Crippen molar-refractivity contribution in [1.29, 1.82) is 0 Å². The Morgan fingerprint density at radius 2 is 2.36 bits per heavy atom. The predicted octanol–water partition coefficient (Wildman–Crippen LogP) is 1.99. The highest BCUT2D eigenvalue weighted by Crippen LogP contribution is 2.19. The third kappa shape index (κ3) is 2.81. The molecule has 0 aliphatic carbocycles. The van der Waals surface area contributed by atoms with Crippen LogP contribution in [-0.4, -0.2) is 17.3 Å². The minimum Gasteiger partial charge on any atom is -0.411 e. The zero-order chi connectivity index (χ0) is 10.6. The molecule has 0 unspecified atom stereocenters. The van der Waals surface area contributed by atoms with Crippen LogP contribution in [0.3, 0.4) is 0 Å². The Morgan fingerprint density at radius 3 is 2.93 bits per heavy atom. The van der Waals surface area contributed by atoms with Gasteiger partial charge in [0.15, 0.2) is 0 Å². The number of nitrogens with zero attached hydrogens (tertiary/aromatic N) is 1. The molecule has 0 spiro atoms. The van der Waals surface area contributed by atoms with Crippen LogP contribution in [0.1, 0.15) is 0 Å². The molecular weight excluding hydrogens is 255 g/mol. The normalized spacial score (nSPS) is 10.4. The molecule has 14 heavy (non-hydrogen) atoms. The number of carbonyl (C=O) groups is 1. The van der Waals surface area contributed by atoms with Crippen molar-refractivity contribution in [3.8, 4) is 0 Å². The lowest BCUT2D eigenvalue weighted by molar-refractivity contribution is -0.110. The van der Waals surface area contributed by atoms with E-state index in [1.54, 1.807) is 0 Å². The summed E-state index contributed by atoms with van der Waals surface area (Å²) in [6.45, 7) is 0. The summed E-state index contributed by atoms with van der Waals surface area (Å²) in [6.07, 6.45) is 0.706. The molecule has 0 bridgehead atoms. The Bertz CT molecular complexity index is 382. The maximum absolute atomic E-state index is 12.8. The van der Waals surface area contributed by atoms with Crippen LogP contribution < -0.4 is 5.32 Å². The molecule has 0 saturated heterocycles. The molecule has 0 aliphatic rings. The highest BCUT2D eigenvalue weighted by Gasteiger charge is 2.02. The summed E-state index contributed by atoms with van der Waals surface area (Å²) in [7, 11) is 0. The number of oxime groups is 1. The first kappa shape index (κ1) is 10.6. The van der Waals surface area contributed by atoms with Crippen molar-refractivity contribution in [3.63, 3.8) is 0 Å². The molecule has 6 heteroatoms. The van der Waals surface area contributed by atoms with E-state index in [0.29, 0.717) is 11.9 Å². The van der Waals surface area contributed by atoms with Gasteiger partial charge in [-0.05, 0) is 34.1 Å². The second-order valence-electron chi connectivity index (χ2n) is 2.36. The smallest absolute Gasteiger partial charge is 0.270 e. The van der Waals surface area contributed by atoms with E-state index in [1.807, 2.05) is 0 Å². The molecular formula is C8H6BrFN2O2. The average Bonchev–Trinajstić information content (AvgIpc) is 2.12. The van der Waals surface area contributed by atoms with Crippen molar-refractivity contribution in [1.82, 2.24) is 0 Å². The third-order valence-electron chi connectivity index (χ3n) is 1.36. The number of hydrogen-bond acceptors (Lipinski definition) is 3. The summed E-state index contributed by atoms with van der Waals surface area (Å²) in [5.41, 5.74) is 0.406. The van der Waals surface area contributed by atoms with E-state index in [0.717, 1.165) is 0 Å². The maximum atomic E-state index is 12.8. The molecule has 0 atom stereocenters. The van der Waals surface area contributed by atoms with Crippen LogP contribution in [-0.2, 0) is 4.79 Å². The molecule has 1 amide bonds.